The van der Waals surface area contributed by atoms with Crippen molar-refractivity contribution in [1.29, 1.82) is 0 Å². The van der Waals surface area contributed by atoms with Crippen LogP contribution in [0, 0.1) is 12.3 Å². The van der Waals surface area contributed by atoms with E-state index in [9.17, 15) is 0 Å². The molecule has 1 saturated carbocycles. The number of methoxy groups -OCH3 is 2. The Bertz CT molecular complexity index is 827. The minimum absolute atomic E-state index is 0.305. The van der Waals surface area contributed by atoms with Crippen molar-refractivity contribution in [3.05, 3.63) is 41.5 Å². The Balaban J connectivity index is 1.65. The van der Waals surface area contributed by atoms with Gasteiger partial charge in [0.1, 0.15) is 11.6 Å². The molecule has 30 heavy (non-hydrogen) atoms. The van der Waals surface area contributed by atoms with Crippen molar-refractivity contribution in [3.63, 3.8) is 0 Å². The lowest BCUT2D eigenvalue weighted by Crippen LogP contribution is -2.47. The van der Waals surface area contributed by atoms with Crippen LogP contribution >= 0.6 is 0 Å². The van der Waals surface area contributed by atoms with Gasteiger partial charge >= 0.3 is 0 Å². The van der Waals surface area contributed by atoms with E-state index >= 15 is 0 Å². The van der Waals surface area contributed by atoms with Crippen molar-refractivity contribution in [3.8, 4) is 5.75 Å². The SMILES string of the molecule is COCCC1(CNC(=NCc2ccc(OC)cc2)NCc2nnc(C)n2C)CCC1. The molecular formula is C22H34N6O2. The highest BCUT2D eigenvalue weighted by Gasteiger charge is 2.36. The van der Waals surface area contributed by atoms with E-state index in [0.29, 0.717) is 18.5 Å². The first kappa shape index (κ1) is 22.1. The monoisotopic (exact) mass is 414 g/mol. The molecule has 1 fully saturated rings. The zero-order valence-corrected chi connectivity index (χ0v) is 18.6. The van der Waals surface area contributed by atoms with Crippen LogP contribution in [0.5, 0.6) is 5.75 Å². The van der Waals surface area contributed by atoms with Gasteiger partial charge in [0.15, 0.2) is 11.8 Å². The molecule has 0 unspecified atom stereocenters. The lowest BCUT2D eigenvalue weighted by atomic mass is 9.67. The second-order valence-corrected chi connectivity index (χ2v) is 8.04. The van der Waals surface area contributed by atoms with E-state index in [1.165, 1.54) is 19.3 Å². The van der Waals surface area contributed by atoms with Crippen LogP contribution in [0.15, 0.2) is 29.3 Å². The highest BCUT2D eigenvalue weighted by molar-refractivity contribution is 5.79. The summed E-state index contributed by atoms with van der Waals surface area (Å²) >= 11 is 0. The van der Waals surface area contributed by atoms with Gasteiger partial charge in [-0.2, -0.15) is 0 Å². The number of rotatable bonds is 10. The molecule has 0 radical (unpaired) electrons. The molecule has 1 heterocycles. The number of nitrogens with zero attached hydrogens (tertiary/aromatic N) is 4. The molecule has 0 amide bonds. The van der Waals surface area contributed by atoms with Crippen molar-refractivity contribution in [2.45, 2.75) is 45.7 Å². The molecule has 2 N–H and O–H groups in total. The van der Waals surface area contributed by atoms with Gasteiger partial charge in [-0.05, 0) is 49.3 Å². The maximum atomic E-state index is 5.32. The summed E-state index contributed by atoms with van der Waals surface area (Å²) in [6.07, 6.45) is 4.83. The number of hydrogen-bond donors (Lipinski definition) is 2. The van der Waals surface area contributed by atoms with E-state index < -0.39 is 0 Å². The van der Waals surface area contributed by atoms with Crippen LogP contribution in [0.25, 0.3) is 0 Å². The predicted molar refractivity (Wildman–Crippen MR) is 117 cm³/mol. The number of aromatic nitrogens is 3. The zero-order valence-electron chi connectivity index (χ0n) is 18.6. The summed E-state index contributed by atoms with van der Waals surface area (Å²) in [6, 6.07) is 8.00. The summed E-state index contributed by atoms with van der Waals surface area (Å²) < 4.78 is 12.5. The normalized spacial score (nSPS) is 15.5. The van der Waals surface area contributed by atoms with Gasteiger partial charge in [-0.15, -0.1) is 10.2 Å². The maximum absolute atomic E-state index is 5.32. The highest BCUT2D eigenvalue weighted by Crippen LogP contribution is 2.43. The molecule has 0 atom stereocenters. The summed E-state index contributed by atoms with van der Waals surface area (Å²) in [4.78, 5) is 4.81. The third-order valence-corrected chi connectivity index (χ3v) is 6.06. The van der Waals surface area contributed by atoms with Crippen molar-refractivity contribution in [1.82, 2.24) is 25.4 Å². The molecule has 3 rings (SSSR count). The molecule has 8 heteroatoms. The fraction of sp³-hybridized carbons (Fsp3) is 0.591. The number of aryl methyl sites for hydroxylation is 1. The Morgan fingerprint density at radius 2 is 1.93 bits per heavy atom. The van der Waals surface area contributed by atoms with Crippen LogP contribution in [-0.2, 0) is 24.9 Å². The van der Waals surface area contributed by atoms with E-state index in [-0.39, 0.29) is 0 Å². The summed E-state index contributed by atoms with van der Waals surface area (Å²) in [5, 5.41) is 15.4. The fourth-order valence-electron chi connectivity index (χ4n) is 3.63. The molecule has 8 nitrogen and oxygen atoms in total. The van der Waals surface area contributed by atoms with E-state index in [2.05, 4.69) is 20.8 Å². The lowest BCUT2D eigenvalue weighted by Gasteiger charge is -2.42. The number of nitrogens with one attached hydrogen (secondary N) is 2. The Labute approximate surface area is 179 Å². The summed E-state index contributed by atoms with van der Waals surface area (Å²) in [6.45, 7) is 4.79. The Kier molecular flexibility index (Phi) is 7.68. The van der Waals surface area contributed by atoms with Crippen LogP contribution in [-0.4, -0.2) is 48.1 Å². The fourth-order valence-corrected chi connectivity index (χ4v) is 3.63. The van der Waals surface area contributed by atoms with E-state index in [1.54, 1.807) is 14.2 Å². The molecule has 2 aromatic rings. The third kappa shape index (κ3) is 5.72. The number of benzene rings is 1. The largest absolute Gasteiger partial charge is 0.497 e. The van der Waals surface area contributed by atoms with Gasteiger partial charge in [-0.1, -0.05) is 18.6 Å². The average molecular weight is 415 g/mol. The van der Waals surface area contributed by atoms with Crippen LogP contribution < -0.4 is 15.4 Å². The second kappa shape index (κ2) is 10.4. The smallest absolute Gasteiger partial charge is 0.191 e. The average Bonchev–Trinajstić information content (AvgIpc) is 3.06. The van der Waals surface area contributed by atoms with E-state index in [1.807, 2.05) is 42.8 Å². The highest BCUT2D eigenvalue weighted by atomic mass is 16.5. The first-order chi connectivity index (χ1) is 14.5. The van der Waals surface area contributed by atoms with Crippen LogP contribution in [0.2, 0.25) is 0 Å². The molecule has 1 aromatic carbocycles. The minimum atomic E-state index is 0.305. The molecule has 0 spiro atoms. The van der Waals surface area contributed by atoms with Gasteiger partial charge in [0.25, 0.3) is 0 Å². The molecular weight excluding hydrogens is 380 g/mol. The first-order valence-corrected chi connectivity index (χ1v) is 10.5. The molecule has 1 aliphatic carbocycles. The quantitative estimate of drug-likeness (QED) is 0.459. The van der Waals surface area contributed by atoms with Crippen LogP contribution in [0.3, 0.4) is 0 Å². The van der Waals surface area contributed by atoms with Gasteiger partial charge in [-0.3, -0.25) is 0 Å². The lowest BCUT2D eigenvalue weighted by molar-refractivity contribution is 0.0732. The third-order valence-electron chi connectivity index (χ3n) is 6.06. The Morgan fingerprint density at radius 1 is 1.17 bits per heavy atom. The molecule has 0 saturated heterocycles. The molecule has 0 bridgehead atoms. The van der Waals surface area contributed by atoms with Gasteiger partial charge in [-0.25, -0.2) is 4.99 Å². The van der Waals surface area contributed by atoms with Gasteiger partial charge in [0.2, 0.25) is 0 Å². The summed E-state index contributed by atoms with van der Waals surface area (Å²) in [5.41, 5.74) is 1.43. The molecule has 1 aliphatic rings. The van der Waals surface area contributed by atoms with Crippen molar-refractivity contribution in [2.24, 2.45) is 17.5 Å². The molecule has 1 aromatic heterocycles. The number of ether oxygens (including phenoxy) is 2. The number of aliphatic imine (C=N–C) groups is 1. The standard InChI is InChI=1S/C22H34N6O2/c1-17-26-27-20(28(17)2)15-24-21(23-14-18-6-8-19(30-4)9-7-18)25-16-22(10-5-11-22)12-13-29-3/h6-9H,5,10-16H2,1-4H3,(H2,23,24,25). The van der Waals surface area contributed by atoms with E-state index in [0.717, 1.165) is 48.5 Å². The maximum Gasteiger partial charge on any atom is 0.191 e. The first-order valence-electron chi connectivity index (χ1n) is 10.5. The Morgan fingerprint density at radius 3 is 2.50 bits per heavy atom. The molecule has 0 aliphatic heterocycles. The van der Waals surface area contributed by atoms with Crippen molar-refractivity contribution in [2.75, 3.05) is 27.4 Å². The van der Waals surface area contributed by atoms with E-state index in [4.69, 9.17) is 14.5 Å². The Hall–Kier alpha value is -2.61. The van der Waals surface area contributed by atoms with Crippen LogP contribution in [0.1, 0.15) is 42.9 Å². The minimum Gasteiger partial charge on any atom is -0.497 e. The summed E-state index contributed by atoms with van der Waals surface area (Å²) in [5.74, 6) is 3.41. The number of guanidine groups is 1. The zero-order chi connectivity index (χ0) is 21.4. The molecule has 164 valence electrons. The second-order valence-electron chi connectivity index (χ2n) is 8.04. The topological polar surface area (TPSA) is 85.6 Å². The predicted octanol–water partition coefficient (Wildman–Crippen LogP) is 2.57. The van der Waals surface area contributed by atoms with Gasteiger partial charge < -0.3 is 24.7 Å². The van der Waals surface area contributed by atoms with Crippen LogP contribution in [0.4, 0.5) is 0 Å². The van der Waals surface area contributed by atoms with Gasteiger partial charge in [0, 0.05) is 27.3 Å². The van der Waals surface area contributed by atoms with Crippen molar-refractivity contribution < 1.29 is 9.47 Å². The number of hydrogen-bond acceptors (Lipinski definition) is 5. The van der Waals surface area contributed by atoms with Crippen molar-refractivity contribution >= 4 is 5.96 Å². The van der Waals surface area contributed by atoms with Gasteiger partial charge in [0.05, 0.1) is 20.2 Å². The summed E-state index contributed by atoms with van der Waals surface area (Å²) in [7, 11) is 5.42.